The standard InChI is InChI=1S/C25H24FN5O5/c1-35-17-3-2-14-12-31(23(33)21(14)22(17)26)13-25(11-20(32)29-24(25)34)18-10-15-16(36-18)4-5-19(28-15)30-8-6-27-7-9-30/h2-5,10,27H,6-9,11-13H2,1H3,(H,29,32,34)/t25-/m1/s1. The SMILES string of the molecule is COc1ccc2c(c1F)C(=O)N(C[C@@]1(c3cc4nc(N5CCNCC5)ccc4o3)CC(=O)NC1=O)C2. The number of benzene rings is 1. The van der Waals surface area contributed by atoms with Crippen LogP contribution in [0.5, 0.6) is 5.75 Å². The van der Waals surface area contributed by atoms with Crippen molar-refractivity contribution in [2.75, 3.05) is 44.7 Å². The van der Waals surface area contributed by atoms with E-state index in [2.05, 4.69) is 15.5 Å². The predicted octanol–water partition coefficient (Wildman–Crippen LogP) is 1.33. The molecule has 0 aliphatic carbocycles. The van der Waals surface area contributed by atoms with Crippen molar-refractivity contribution in [3.63, 3.8) is 0 Å². The van der Waals surface area contributed by atoms with E-state index in [4.69, 9.17) is 14.1 Å². The van der Waals surface area contributed by atoms with Gasteiger partial charge in [0.25, 0.3) is 5.91 Å². The summed E-state index contributed by atoms with van der Waals surface area (Å²) in [6.45, 7) is 3.32. The third-order valence-corrected chi connectivity index (χ3v) is 7.16. The lowest BCUT2D eigenvalue weighted by Gasteiger charge is -2.28. The topological polar surface area (TPSA) is 117 Å². The zero-order valence-electron chi connectivity index (χ0n) is 19.6. The largest absolute Gasteiger partial charge is 0.494 e. The monoisotopic (exact) mass is 493 g/mol. The van der Waals surface area contributed by atoms with Crippen molar-refractivity contribution in [1.29, 1.82) is 0 Å². The van der Waals surface area contributed by atoms with Crippen LogP contribution in [0.25, 0.3) is 11.1 Å². The van der Waals surface area contributed by atoms with E-state index in [0.717, 1.165) is 32.0 Å². The number of hydrogen-bond donors (Lipinski definition) is 2. The second-order valence-corrected chi connectivity index (χ2v) is 9.31. The number of halogens is 1. The molecule has 0 unspecified atom stereocenters. The first-order valence-electron chi connectivity index (χ1n) is 11.8. The fourth-order valence-corrected chi connectivity index (χ4v) is 5.28. The van der Waals surface area contributed by atoms with Gasteiger partial charge in [-0.3, -0.25) is 19.7 Å². The van der Waals surface area contributed by atoms with Crippen LogP contribution in [0.1, 0.15) is 28.1 Å². The lowest BCUT2D eigenvalue weighted by atomic mass is 9.82. The van der Waals surface area contributed by atoms with E-state index in [9.17, 15) is 18.8 Å². The fourth-order valence-electron chi connectivity index (χ4n) is 5.28. The second kappa shape index (κ2) is 8.30. The third-order valence-electron chi connectivity index (χ3n) is 7.16. The highest BCUT2D eigenvalue weighted by atomic mass is 19.1. The molecule has 0 spiro atoms. The number of rotatable bonds is 5. The molecule has 6 rings (SSSR count). The van der Waals surface area contributed by atoms with Crippen LogP contribution in [0, 0.1) is 5.82 Å². The predicted molar refractivity (Wildman–Crippen MR) is 126 cm³/mol. The number of hydrogen-bond acceptors (Lipinski definition) is 8. The van der Waals surface area contributed by atoms with Crippen molar-refractivity contribution in [3.8, 4) is 5.75 Å². The number of imide groups is 1. The number of amides is 3. The molecular weight excluding hydrogens is 469 g/mol. The van der Waals surface area contributed by atoms with Crippen molar-refractivity contribution in [2.45, 2.75) is 18.4 Å². The highest BCUT2D eigenvalue weighted by Gasteiger charge is 2.53. The van der Waals surface area contributed by atoms with Gasteiger partial charge in [-0.15, -0.1) is 0 Å². The van der Waals surface area contributed by atoms with Gasteiger partial charge in [-0.2, -0.15) is 0 Å². The van der Waals surface area contributed by atoms with Crippen LogP contribution < -0.4 is 20.3 Å². The van der Waals surface area contributed by atoms with Gasteiger partial charge in [0.15, 0.2) is 17.1 Å². The van der Waals surface area contributed by atoms with Crippen LogP contribution >= 0.6 is 0 Å². The molecule has 2 saturated heterocycles. The maximum Gasteiger partial charge on any atom is 0.257 e. The molecule has 11 heteroatoms. The summed E-state index contributed by atoms with van der Waals surface area (Å²) in [7, 11) is 1.33. The van der Waals surface area contributed by atoms with Crippen molar-refractivity contribution in [3.05, 3.63) is 53.0 Å². The van der Waals surface area contributed by atoms with Crippen LogP contribution in [0.15, 0.2) is 34.7 Å². The minimum absolute atomic E-state index is 0.0314. The van der Waals surface area contributed by atoms with E-state index >= 15 is 0 Å². The van der Waals surface area contributed by atoms with Crippen LogP contribution in [0.4, 0.5) is 10.2 Å². The molecule has 0 saturated carbocycles. The Morgan fingerprint density at radius 3 is 2.69 bits per heavy atom. The maximum absolute atomic E-state index is 14.9. The molecule has 3 aliphatic heterocycles. The smallest absolute Gasteiger partial charge is 0.257 e. The van der Waals surface area contributed by atoms with Gasteiger partial charge < -0.3 is 24.3 Å². The first-order valence-corrected chi connectivity index (χ1v) is 11.8. The number of nitrogens with zero attached hydrogens (tertiary/aromatic N) is 3. The molecule has 2 fully saturated rings. The zero-order chi connectivity index (χ0) is 25.0. The lowest BCUT2D eigenvalue weighted by Crippen LogP contribution is -2.46. The number of nitrogens with one attached hydrogen (secondary N) is 2. The van der Waals surface area contributed by atoms with E-state index < -0.39 is 29.0 Å². The normalized spacial score (nSPS) is 21.9. The van der Waals surface area contributed by atoms with Crippen molar-refractivity contribution >= 4 is 34.6 Å². The molecule has 5 heterocycles. The summed E-state index contributed by atoms with van der Waals surface area (Å²) < 4.78 is 25.9. The Bertz CT molecular complexity index is 1420. The van der Waals surface area contributed by atoms with E-state index in [0.29, 0.717) is 16.7 Å². The summed E-state index contributed by atoms with van der Waals surface area (Å²) in [6.07, 6.45) is -0.192. The third kappa shape index (κ3) is 3.41. The van der Waals surface area contributed by atoms with Crippen molar-refractivity contribution < 1.29 is 27.9 Å². The van der Waals surface area contributed by atoms with Crippen molar-refractivity contribution in [1.82, 2.24) is 20.5 Å². The summed E-state index contributed by atoms with van der Waals surface area (Å²) >= 11 is 0. The molecule has 1 aromatic carbocycles. The Kier molecular flexibility index (Phi) is 5.18. The Morgan fingerprint density at radius 2 is 1.97 bits per heavy atom. The summed E-state index contributed by atoms with van der Waals surface area (Å²) in [5.74, 6) is -1.32. The van der Waals surface area contributed by atoms with Gasteiger partial charge in [-0.25, -0.2) is 9.37 Å². The lowest BCUT2D eigenvalue weighted by molar-refractivity contribution is -0.127. The summed E-state index contributed by atoms with van der Waals surface area (Å²) in [5.41, 5.74) is -0.0153. The summed E-state index contributed by atoms with van der Waals surface area (Å²) in [5, 5.41) is 5.65. The van der Waals surface area contributed by atoms with Crippen LogP contribution in [0.2, 0.25) is 0 Å². The maximum atomic E-state index is 14.9. The van der Waals surface area contributed by atoms with Gasteiger partial charge in [-0.05, 0) is 23.8 Å². The van der Waals surface area contributed by atoms with E-state index in [-0.39, 0.29) is 36.6 Å². The molecule has 186 valence electrons. The fraction of sp³-hybridized carbons (Fsp3) is 0.360. The van der Waals surface area contributed by atoms with Crippen LogP contribution in [-0.4, -0.2) is 67.4 Å². The summed E-state index contributed by atoms with van der Waals surface area (Å²) in [4.78, 5) is 47.0. The Balaban J connectivity index is 1.36. The number of piperazine rings is 1. The molecule has 36 heavy (non-hydrogen) atoms. The highest BCUT2D eigenvalue weighted by Crippen LogP contribution is 2.40. The quantitative estimate of drug-likeness (QED) is 0.512. The molecule has 3 amide bonds. The molecule has 2 aromatic heterocycles. The average Bonchev–Trinajstić information content (AvgIpc) is 3.53. The molecule has 3 aromatic rings. The minimum atomic E-state index is -1.45. The van der Waals surface area contributed by atoms with Gasteiger partial charge in [-0.1, -0.05) is 6.07 Å². The van der Waals surface area contributed by atoms with E-state index in [1.165, 1.54) is 18.1 Å². The van der Waals surface area contributed by atoms with Crippen LogP contribution in [-0.2, 0) is 21.5 Å². The highest BCUT2D eigenvalue weighted by molar-refractivity contribution is 6.10. The Labute approximate surface area is 205 Å². The number of carbonyl (C=O) groups excluding carboxylic acids is 3. The van der Waals surface area contributed by atoms with Crippen molar-refractivity contribution in [2.24, 2.45) is 0 Å². The second-order valence-electron chi connectivity index (χ2n) is 9.31. The Hall–Kier alpha value is -3.99. The molecule has 0 radical (unpaired) electrons. The van der Waals surface area contributed by atoms with Gasteiger partial charge >= 0.3 is 0 Å². The number of ether oxygens (including phenoxy) is 1. The molecule has 0 bridgehead atoms. The number of furan rings is 1. The number of anilines is 1. The molecule has 2 N–H and O–H groups in total. The van der Waals surface area contributed by atoms with Gasteiger partial charge in [0, 0.05) is 45.3 Å². The number of pyridine rings is 1. The number of carbonyl (C=O) groups is 3. The first-order chi connectivity index (χ1) is 17.4. The average molecular weight is 493 g/mol. The van der Waals surface area contributed by atoms with Crippen LogP contribution in [0.3, 0.4) is 0 Å². The molecule has 3 aliphatic rings. The number of fused-ring (bicyclic) bond motifs is 2. The molecule has 1 atom stereocenters. The molecule has 10 nitrogen and oxygen atoms in total. The van der Waals surface area contributed by atoms with Gasteiger partial charge in [0.1, 0.15) is 22.5 Å². The Morgan fingerprint density at radius 1 is 1.17 bits per heavy atom. The zero-order valence-corrected chi connectivity index (χ0v) is 19.6. The summed E-state index contributed by atoms with van der Waals surface area (Å²) in [6, 6.07) is 8.42. The first kappa shape index (κ1) is 22.5. The molecular formula is C25H24FN5O5. The van der Waals surface area contributed by atoms with E-state index in [1.807, 2.05) is 6.07 Å². The van der Waals surface area contributed by atoms with Gasteiger partial charge in [0.2, 0.25) is 11.8 Å². The van der Waals surface area contributed by atoms with E-state index in [1.54, 1.807) is 18.2 Å². The number of methoxy groups -OCH3 is 1. The number of aromatic nitrogens is 1. The van der Waals surface area contributed by atoms with Gasteiger partial charge in [0.05, 0.1) is 19.1 Å². The minimum Gasteiger partial charge on any atom is -0.494 e.